The Balaban J connectivity index is 1.71. The third kappa shape index (κ3) is 7.68. The van der Waals surface area contributed by atoms with Gasteiger partial charge in [0.15, 0.2) is 11.5 Å². The molecule has 35 heavy (non-hydrogen) atoms. The van der Waals surface area contributed by atoms with Crippen LogP contribution in [0.15, 0.2) is 47.0 Å². The Hall–Kier alpha value is -3.14. The van der Waals surface area contributed by atoms with Crippen molar-refractivity contribution in [2.75, 3.05) is 41.0 Å². The van der Waals surface area contributed by atoms with Gasteiger partial charge in [0, 0.05) is 31.6 Å². The van der Waals surface area contributed by atoms with Crippen molar-refractivity contribution in [3.8, 4) is 28.6 Å². The van der Waals surface area contributed by atoms with E-state index in [4.69, 9.17) is 23.5 Å². The minimum Gasteiger partial charge on any atom is -0.493 e. The van der Waals surface area contributed by atoms with Gasteiger partial charge in [-0.1, -0.05) is 35.5 Å². The van der Waals surface area contributed by atoms with E-state index in [1.807, 2.05) is 32.0 Å². The van der Waals surface area contributed by atoms with Crippen LogP contribution >= 0.6 is 0 Å². The molecule has 190 valence electrons. The Morgan fingerprint density at radius 1 is 1.00 bits per heavy atom. The van der Waals surface area contributed by atoms with E-state index in [0.717, 1.165) is 5.56 Å². The predicted octanol–water partition coefficient (Wildman–Crippen LogP) is 3.59. The molecular formula is C26H35N3O6. The number of aliphatic hydroxyl groups excluding tert-OH is 1. The Morgan fingerprint density at radius 2 is 1.69 bits per heavy atom. The van der Waals surface area contributed by atoms with E-state index in [1.54, 1.807) is 33.5 Å². The van der Waals surface area contributed by atoms with Crippen molar-refractivity contribution in [2.24, 2.45) is 0 Å². The number of ether oxygens (including phenoxy) is 4. The second-order valence-corrected chi connectivity index (χ2v) is 8.43. The van der Waals surface area contributed by atoms with E-state index in [-0.39, 0.29) is 12.7 Å². The third-order valence-corrected chi connectivity index (χ3v) is 5.37. The Kier molecular flexibility index (Phi) is 9.89. The molecule has 0 aliphatic heterocycles. The molecule has 0 fully saturated rings. The van der Waals surface area contributed by atoms with Crippen molar-refractivity contribution in [3.63, 3.8) is 0 Å². The van der Waals surface area contributed by atoms with Gasteiger partial charge in [0.25, 0.3) is 0 Å². The zero-order valence-corrected chi connectivity index (χ0v) is 21.1. The van der Waals surface area contributed by atoms with Crippen molar-refractivity contribution < 1.29 is 28.6 Å². The molecular weight excluding hydrogens is 450 g/mol. The molecule has 0 aliphatic carbocycles. The van der Waals surface area contributed by atoms with Crippen LogP contribution in [-0.2, 0) is 17.7 Å². The number of hydrogen-bond acceptors (Lipinski definition) is 9. The summed E-state index contributed by atoms with van der Waals surface area (Å²) < 4.78 is 27.3. The van der Waals surface area contributed by atoms with Crippen LogP contribution in [0.25, 0.3) is 11.4 Å². The standard InChI is InChI=1S/C26H35N3O6/c1-18(2)34-17-21(30)16-29(15-19-9-7-6-8-10-19)12-11-24-27-26(28-35-24)20-13-22(31-3)25(33-5)23(14-20)32-4/h6-10,13-14,18,21,30H,11-12,15-17H2,1-5H3/t21-/m0/s1. The first kappa shape index (κ1) is 26.5. The van der Waals surface area contributed by atoms with Gasteiger partial charge in [-0.15, -0.1) is 0 Å². The molecule has 0 spiro atoms. The van der Waals surface area contributed by atoms with Crippen molar-refractivity contribution in [1.29, 1.82) is 0 Å². The van der Waals surface area contributed by atoms with Crippen molar-refractivity contribution in [3.05, 3.63) is 53.9 Å². The minimum absolute atomic E-state index is 0.0687. The first-order valence-corrected chi connectivity index (χ1v) is 11.6. The molecule has 9 nitrogen and oxygen atoms in total. The zero-order chi connectivity index (χ0) is 25.2. The third-order valence-electron chi connectivity index (χ3n) is 5.37. The van der Waals surface area contributed by atoms with Crippen LogP contribution < -0.4 is 14.2 Å². The lowest BCUT2D eigenvalue weighted by Gasteiger charge is -2.25. The molecule has 3 aromatic rings. The highest BCUT2D eigenvalue weighted by Gasteiger charge is 2.19. The van der Waals surface area contributed by atoms with Gasteiger partial charge < -0.3 is 28.6 Å². The zero-order valence-electron chi connectivity index (χ0n) is 21.1. The largest absolute Gasteiger partial charge is 0.493 e. The highest BCUT2D eigenvalue weighted by atomic mass is 16.5. The van der Waals surface area contributed by atoms with E-state index in [9.17, 15) is 5.11 Å². The molecule has 1 N–H and O–H groups in total. The molecule has 1 heterocycles. The van der Waals surface area contributed by atoms with Gasteiger partial charge in [-0.2, -0.15) is 4.98 Å². The average Bonchev–Trinajstić information content (AvgIpc) is 3.35. The van der Waals surface area contributed by atoms with Gasteiger partial charge in [-0.05, 0) is 31.5 Å². The molecule has 0 radical (unpaired) electrons. The number of methoxy groups -OCH3 is 3. The summed E-state index contributed by atoms with van der Waals surface area (Å²) in [7, 11) is 4.68. The van der Waals surface area contributed by atoms with Gasteiger partial charge in [-0.25, -0.2) is 0 Å². The summed E-state index contributed by atoms with van der Waals surface area (Å²) in [4.78, 5) is 6.72. The number of aliphatic hydroxyl groups is 1. The normalized spacial score (nSPS) is 12.2. The van der Waals surface area contributed by atoms with Crippen LogP contribution in [0.5, 0.6) is 17.2 Å². The summed E-state index contributed by atoms with van der Waals surface area (Å²) in [6.07, 6.45) is -0.0000115. The van der Waals surface area contributed by atoms with Gasteiger partial charge in [0.1, 0.15) is 0 Å². The van der Waals surface area contributed by atoms with Crippen molar-refractivity contribution >= 4 is 0 Å². The lowest BCUT2D eigenvalue weighted by molar-refractivity contribution is -0.00957. The second-order valence-electron chi connectivity index (χ2n) is 8.43. The molecule has 3 rings (SSSR count). The monoisotopic (exact) mass is 485 g/mol. The van der Waals surface area contributed by atoms with Gasteiger partial charge in [0.05, 0.1) is 40.1 Å². The maximum atomic E-state index is 10.5. The number of aromatic nitrogens is 2. The molecule has 0 saturated heterocycles. The first-order chi connectivity index (χ1) is 16.9. The van der Waals surface area contributed by atoms with Crippen LogP contribution in [0, 0.1) is 0 Å². The summed E-state index contributed by atoms with van der Waals surface area (Å²) in [5.41, 5.74) is 1.85. The molecule has 2 aromatic carbocycles. The van der Waals surface area contributed by atoms with E-state index in [0.29, 0.717) is 60.6 Å². The van der Waals surface area contributed by atoms with Gasteiger partial charge in [-0.3, -0.25) is 4.90 Å². The molecule has 0 bridgehead atoms. The topological polar surface area (TPSA) is 99.3 Å². The summed E-state index contributed by atoms with van der Waals surface area (Å²) >= 11 is 0. The number of rotatable bonds is 14. The minimum atomic E-state index is -0.599. The summed E-state index contributed by atoms with van der Waals surface area (Å²) in [6.45, 7) is 5.98. The number of benzene rings is 2. The summed E-state index contributed by atoms with van der Waals surface area (Å²) in [5.74, 6) is 2.46. The summed E-state index contributed by atoms with van der Waals surface area (Å²) in [6, 6.07) is 13.7. The van der Waals surface area contributed by atoms with Crippen LogP contribution in [0.4, 0.5) is 0 Å². The molecule has 0 unspecified atom stereocenters. The maximum Gasteiger partial charge on any atom is 0.228 e. The number of hydrogen-bond donors (Lipinski definition) is 1. The first-order valence-electron chi connectivity index (χ1n) is 11.6. The lowest BCUT2D eigenvalue weighted by Crippen LogP contribution is -2.36. The fourth-order valence-corrected chi connectivity index (χ4v) is 3.67. The molecule has 0 saturated carbocycles. The predicted molar refractivity (Wildman–Crippen MR) is 132 cm³/mol. The fraction of sp³-hybridized carbons (Fsp3) is 0.462. The average molecular weight is 486 g/mol. The van der Waals surface area contributed by atoms with E-state index in [1.165, 1.54) is 0 Å². The van der Waals surface area contributed by atoms with Crippen molar-refractivity contribution in [1.82, 2.24) is 15.0 Å². The smallest absolute Gasteiger partial charge is 0.228 e. The quantitative estimate of drug-likeness (QED) is 0.367. The molecule has 1 aromatic heterocycles. The van der Waals surface area contributed by atoms with Crippen LogP contribution in [0.2, 0.25) is 0 Å². The van der Waals surface area contributed by atoms with Crippen LogP contribution in [0.1, 0.15) is 25.3 Å². The second kappa shape index (κ2) is 13.1. The highest BCUT2D eigenvalue weighted by Crippen LogP contribution is 2.40. The van der Waals surface area contributed by atoms with E-state index < -0.39 is 6.10 Å². The van der Waals surface area contributed by atoms with E-state index >= 15 is 0 Å². The Labute approximate surface area is 206 Å². The summed E-state index contributed by atoms with van der Waals surface area (Å²) in [5, 5.41) is 14.6. The van der Waals surface area contributed by atoms with Gasteiger partial charge in [0.2, 0.25) is 17.5 Å². The SMILES string of the molecule is COc1cc(-c2noc(CCN(Cc3ccccc3)C[C@H](O)COC(C)C)n2)cc(OC)c1OC. The Morgan fingerprint density at radius 3 is 2.29 bits per heavy atom. The lowest BCUT2D eigenvalue weighted by atomic mass is 10.1. The molecule has 0 aliphatic rings. The van der Waals surface area contributed by atoms with Gasteiger partial charge >= 0.3 is 0 Å². The van der Waals surface area contributed by atoms with Crippen LogP contribution in [-0.4, -0.2) is 73.4 Å². The molecule has 1 atom stereocenters. The van der Waals surface area contributed by atoms with Crippen molar-refractivity contribution in [2.45, 2.75) is 39.0 Å². The molecule has 9 heteroatoms. The Bertz CT molecular complexity index is 1020. The van der Waals surface area contributed by atoms with E-state index in [2.05, 4.69) is 27.2 Å². The maximum absolute atomic E-state index is 10.5. The molecule has 0 amide bonds. The van der Waals surface area contributed by atoms with Crippen LogP contribution in [0.3, 0.4) is 0 Å². The fourth-order valence-electron chi connectivity index (χ4n) is 3.67. The number of nitrogens with zero attached hydrogens (tertiary/aromatic N) is 3. The highest BCUT2D eigenvalue weighted by molar-refractivity contribution is 5.66.